The smallest absolute Gasteiger partial charge is 0.344 e. The maximum atomic E-state index is 12.3. The van der Waals surface area contributed by atoms with E-state index in [0.29, 0.717) is 28.5 Å². The van der Waals surface area contributed by atoms with Crippen LogP contribution >= 0.6 is 0 Å². The van der Waals surface area contributed by atoms with Crippen LogP contribution in [0.3, 0.4) is 0 Å². The van der Waals surface area contributed by atoms with E-state index >= 15 is 0 Å². The number of rotatable bonds is 7. The number of hydrogen-bond donors (Lipinski definition) is 1. The lowest BCUT2D eigenvalue weighted by Crippen LogP contribution is -2.20. The van der Waals surface area contributed by atoms with Gasteiger partial charge in [0.2, 0.25) is 0 Å². The molecule has 1 heterocycles. The highest BCUT2D eigenvalue weighted by Crippen LogP contribution is 2.23. The highest BCUT2D eigenvalue weighted by molar-refractivity contribution is 5.92. The lowest BCUT2D eigenvalue weighted by atomic mass is 9.99. The van der Waals surface area contributed by atoms with Gasteiger partial charge in [0.05, 0.1) is 5.56 Å². The van der Waals surface area contributed by atoms with Crippen molar-refractivity contribution in [1.29, 1.82) is 0 Å². The largest absolute Gasteiger partial charge is 0.484 e. The third-order valence-electron chi connectivity index (χ3n) is 5.55. The Hall–Kier alpha value is -3.86. The van der Waals surface area contributed by atoms with Crippen molar-refractivity contribution in [3.8, 4) is 16.9 Å². The van der Waals surface area contributed by atoms with Gasteiger partial charge >= 0.3 is 5.63 Å². The van der Waals surface area contributed by atoms with Gasteiger partial charge in [-0.25, -0.2) is 4.79 Å². The van der Waals surface area contributed by atoms with Crippen LogP contribution in [0, 0.1) is 0 Å². The average molecular weight is 428 g/mol. The Kier molecular flexibility index (Phi) is 6.36. The van der Waals surface area contributed by atoms with Crippen molar-refractivity contribution >= 4 is 22.6 Å². The third-order valence-corrected chi connectivity index (χ3v) is 5.55. The molecule has 0 saturated heterocycles. The number of nitrogens with one attached hydrogen (secondary N) is 1. The van der Waals surface area contributed by atoms with Crippen molar-refractivity contribution in [1.82, 2.24) is 0 Å². The van der Waals surface area contributed by atoms with Crippen molar-refractivity contribution in [3.63, 3.8) is 0 Å². The molecule has 4 aromatic rings. The first-order chi connectivity index (χ1) is 15.5. The van der Waals surface area contributed by atoms with Gasteiger partial charge in [-0.15, -0.1) is 0 Å². The van der Waals surface area contributed by atoms with E-state index in [-0.39, 0.29) is 12.5 Å². The summed E-state index contributed by atoms with van der Waals surface area (Å²) in [6.07, 6.45) is 1.08. The Morgan fingerprint density at radius 2 is 1.72 bits per heavy atom. The first kappa shape index (κ1) is 21.4. The van der Waals surface area contributed by atoms with Gasteiger partial charge in [-0.05, 0) is 59.9 Å². The molecule has 1 amide bonds. The number of ether oxygens (including phenoxy) is 1. The molecule has 0 aliphatic carbocycles. The Balaban J connectivity index is 1.38. The van der Waals surface area contributed by atoms with Crippen LogP contribution in [0.15, 0.2) is 88.1 Å². The molecule has 5 heteroatoms. The molecule has 0 saturated carbocycles. The number of benzene rings is 3. The van der Waals surface area contributed by atoms with Crippen molar-refractivity contribution < 1.29 is 13.9 Å². The second kappa shape index (κ2) is 9.52. The molecule has 0 fully saturated rings. The van der Waals surface area contributed by atoms with E-state index in [1.807, 2.05) is 48.5 Å². The molecule has 0 aliphatic heterocycles. The second-order valence-electron chi connectivity index (χ2n) is 7.78. The number of anilines is 1. The minimum atomic E-state index is -0.395. The van der Waals surface area contributed by atoms with Crippen LogP contribution in [-0.4, -0.2) is 12.5 Å². The number of amides is 1. The summed E-state index contributed by atoms with van der Waals surface area (Å²) in [5.41, 5.74) is 3.24. The third kappa shape index (κ3) is 4.89. The van der Waals surface area contributed by atoms with Crippen LogP contribution in [0.25, 0.3) is 22.1 Å². The summed E-state index contributed by atoms with van der Waals surface area (Å²) in [4.78, 5) is 24.6. The summed E-state index contributed by atoms with van der Waals surface area (Å²) in [5, 5.41) is 3.66. The molecule has 0 spiro atoms. The maximum absolute atomic E-state index is 12.3. The minimum absolute atomic E-state index is 0.0846. The number of hydrogen-bond acceptors (Lipinski definition) is 4. The maximum Gasteiger partial charge on any atom is 0.344 e. The molecule has 4 rings (SSSR count). The normalized spacial score (nSPS) is 11.8. The summed E-state index contributed by atoms with van der Waals surface area (Å²) in [7, 11) is 0. The zero-order chi connectivity index (χ0) is 22.5. The molecule has 1 atom stereocenters. The van der Waals surface area contributed by atoms with Gasteiger partial charge in [-0.3, -0.25) is 4.79 Å². The Morgan fingerprint density at radius 1 is 1.00 bits per heavy atom. The quantitative estimate of drug-likeness (QED) is 0.368. The monoisotopic (exact) mass is 427 g/mol. The topological polar surface area (TPSA) is 68.5 Å². The first-order valence-corrected chi connectivity index (χ1v) is 10.7. The molecule has 1 unspecified atom stereocenters. The molecule has 1 N–H and O–H groups in total. The van der Waals surface area contributed by atoms with Crippen LogP contribution in [0.2, 0.25) is 0 Å². The number of para-hydroxylation sites is 1. The minimum Gasteiger partial charge on any atom is -0.484 e. The van der Waals surface area contributed by atoms with Gasteiger partial charge in [0.25, 0.3) is 5.91 Å². The fraction of sp³-hybridized carbons (Fsp3) is 0.185. The molecule has 3 aromatic carbocycles. The van der Waals surface area contributed by atoms with Gasteiger partial charge in [0.1, 0.15) is 11.3 Å². The fourth-order valence-corrected chi connectivity index (χ4v) is 3.47. The Labute approximate surface area is 186 Å². The van der Waals surface area contributed by atoms with Crippen molar-refractivity contribution in [3.05, 3.63) is 94.8 Å². The molecular formula is C27H25NO4. The van der Waals surface area contributed by atoms with Crippen LogP contribution < -0.4 is 15.7 Å². The van der Waals surface area contributed by atoms with E-state index < -0.39 is 5.63 Å². The lowest BCUT2D eigenvalue weighted by Gasteiger charge is -2.11. The van der Waals surface area contributed by atoms with Gasteiger partial charge in [0.15, 0.2) is 6.61 Å². The zero-order valence-corrected chi connectivity index (χ0v) is 18.1. The molecule has 5 nitrogen and oxygen atoms in total. The van der Waals surface area contributed by atoms with Crippen molar-refractivity contribution in [2.45, 2.75) is 26.2 Å². The first-order valence-electron chi connectivity index (χ1n) is 10.7. The highest BCUT2D eigenvalue weighted by atomic mass is 16.5. The molecular weight excluding hydrogens is 402 g/mol. The van der Waals surface area contributed by atoms with E-state index in [1.165, 1.54) is 5.56 Å². The lowest BCUT2D eigenvalue weighted by molar-refractivity contribution is -0.118. The fourth-order valence-electron chi connectivity index (χ4n) is 3.47. The highest BCUT2D eigenvalue weighted by Gasteiger charge is 2.09. The molecule has 162 valence electrons. The van der Waals surface area contributed by atoms with E-state index in [9.17, 15) is 9.59 Å². The summed E-state index contributed by atoms with van der Waals surface area (Å²) >= 11 is 0. The Bertz CT molecular complexity index is 1270. The van der Waals surface area contributed by atoms with Gasteiger partial charge in [-0.2, -0.15) is 0 Å². The van der Waals surface area contributed by atoms with E-state index in [2.05, 4.69) is 19.2 Å². The summed E-state index contributed by atoms with van der Waals surface area (Å²) in [6, 6.07) is 24.1. The van der Waals surface area contributed by atoms with E-state index in [4.69, 9.17) is 9.15 Å². The average Bonchev–Trinajstić information content (AvgIpc) is 2.82. The van der Waals surface area contributed by atoms with E-state index in [0.717, 1.165) is 17.4 Å². The standard InChI is InChI=1S/C27H25NO4/c1-3-18(2)19-10-14-23(15-11-19)31-17-26(29)28-22-12-8-20(9-13-22)24-16-21-6-4-5-7-25(21)32-27(24)30/h4-16,18H,3,17H2,1-2H3,(H,28,29). The molecule has 0 radical (unpaired) electrons. The van der Waals surface area contributed by atoms with E-state index in [1.54, 1.807) is 30.3 Å². The number of carbonyl (C=O) groups excluding carboxylic acids is 1. The summed E-state index contributed by atoms with van der Waals surface area (Å²) in [6.45, 7) is 4.25. The van der Waals surface area contributed by atoms with Gasteiger partial charge in [-0.1, -0.05) is 56.3 Å². The van der Waals surface area contributed by atoms with Gasteiger partial charge in [0, 0.05) is 11.1 Å². The molecule has 1 aromatic heterocycles. The van der Waals surface area contributed by atoms with Crippen LogP contribution in [-0.2, 0) is 4.79 Å². The molecule has 0 bridgehead atoms. The molecule has 0 aliphatic rings. The zero-order valence-electron chi connectivity index (χ0n) is 18.1. The van der Waals surface area contributed by atoms with Gasteiger partial charge < -0.3 is 14.5 Å². The Morgan fingerprint density at radius 3 is 2.44 bits per heavy atom. The van der Waals surface area contributed by atoms with Crippen LogP contribution in [0.4, 0.5) is 5.69 Å². The second-order valence-corrected chi connectivity index (χ2v) is 7.78. The SMILES string of the molecule is CCC(C)c1ccc(OCC(=O)Nc2ccc(-c3cc4ccccc4oc3=O)cc2)cc1. The number of fused-ring (bicyclic) bond motifs is 1. The summed E-state index contributed by atoms with van der Waals surface area (Å²) < 4.78 is 11.0. The predicted molar refractivity (Wildman–Crippen MR) is 127 cm³/mol. The predicted octanol–water partition coefficient (Wildman–Crippen LogP) is 5.99. The molecule has 32 heavy (non-hydrogen) atoms. The van der Waals surface area contributed by atoms with Crippen molar-refractivity contribution in [2.75, 3.05) is 11.9 Å². The summed E-state index contributed by atoms with van der Waals surface area (Å²) in [5.74, 6) is 0.899. The number of carbonyl (C=O) groups is 1. The van der Waals surface area contributed by atoms with Crippen LogP contribution in [0.5, 0.6) is 5.75 Å². The van der Waals surface area contributed by atoms with Crippen molar-refractivity contribution in [2.24, 2.45) is 0 Å². The van der Waals surface area contributed by atoms with Crippen LogP contribution in [0.1, 0.15) is 31.7 Å².